The fourth-order valence-corrected chi connectivity index (χ4v) is 2.37. The van der Waals surface area contributed by atoms with E-state index in [9.17, 15) is 13.9 Å². The Labute approximate surface area is 119 Å². The van der Waals surface area contributed by atoms with E-state index in [4.69, 9.17) is 0 Å². The van der Waals surface area contributed by atoms with Crippen LogP contribution < -0.4 is 0 Å². The molecule has 1 nitrogen and oxygen atoms in total. The van der Waals surface area contributed by atoms with Gasteiger partial charge in [-0.3, -0.25) is 0 Å². The molecule has 1 atom stereocenters. The van der Waals surface area contributed by atoms with E-state index in [2.05, 4.69) is 15.9 Å². The molecule has 1 N–H and O–H groups in total. The lowest BCUT2D eigenvalue weighted by Gasteiger charge is -2.24. The fourth-order valence-electron chi connectivity index (χ4n) is 1.97. The van der Waals surface area contributed by atoms with Crippen LogP contribution in [0.4, 0.5) is 8.78 Å². The maximum absolute atomic E-state index is 13.2. The van der Waals surface area contributed by atoms with Gasteiger partial charge in [-0.05, 0) is 42.3 Å². The highest BCUT2D eigenvalue weighted by molar-refractivity contribution is 9.10. The molecule has 0 amide bonds. The smallest absolute Gasteiger partial charge is 0.159 e. The first kappa shape index (κ1) is 14.2. The van der Waals surface area contributed by atoms with Crippen molar-refractivity contribution in [1.29, 1.82) is 0 Å². The van der Waals surface area contributed by atoms with E-state index in [1.165, 1.54) is 6.07 Å². The molecule has 0 saturated carbocycles. The van der Waals surface area contributed by atoms with Gasteiger partial charge in [0.2, 0.25) is 0 Å². The Morgan fingerprint density at radius 1 is 1.11 bits per heavy atom. The highest BCUT2D eigenvalue weighted by Crippen LogP contribution is 2.27. The summed E-state index contributed by atoms with van der Waals surface area (Å²) in [5, 5.41) is 10.5. The van der Waals surface area contributed by atoms with E-state index in [-0.39, 0.29) is 6.42 Å². The van der Waals surface area contributed by atoms with Gasteiger partial charge in [0.05, 0.1) is 5.60 Å². The van der Waals surface area contributed by atoms with Gasteiger partial charge in [0, 0.05) is 10.9 Å². The summed E-state index contributed by atoms with van der Waals surface area (Å²) in [5.74, 6) is -1.78. The van der Waals surface area contributed by atoms with E-state index >= 15 is 0 Å². The van der Waals surface area contributed by atoms with Gasteiger partial charge in [-0.2, -0.15) is 0 Å². The van der Waals surface area contributed by atoms with Crippen molar-refractivity contribution in [2.24, 2.45) is 0 Å². The highest BCUT2D eigenvalue weighted by Gasteiger charge is 2.24. The molecule has 0 aliphatic heterocycles. The fraction of sp³-hybridized carbons (Fsp3) is 0.200. The molecule has 4 heteroatoms. The molecule has 1 unspecified atom stereocenters. The van der Waals surface area contributed by atoms with Crippen LogP contribution in [0.25, 0.3) is 0 Å². The lowest BCUT2D eigenvalue weighted by molar-refractivity contribution is 0.0575. The molecular weight excluding hydrogens is 314 g/mol. The zero-order chi connectivity index (χ0) is 14.0. The topological polar surface area (TPSA) is 20.2 Å². The van der Waals surface area contributed by atoms with Crippen LogP contribution in [-0.4, -0.2) is 5.11 Å². The summed E-state index contributed by atoms with van der Waals surface area (Å²) in [5.41, 5.74) is 0.115. The molecule has 2 aromatic carbocycles. The first-order valence-corrected chi connectivity index (χ1v) is 6.60. The van der Waals surface area contributed by atoms with Crippen molar-refractivity contribution in [3.05, 3.63) is 69.7 Å². The molecule has 2 rings (SSSR count). The Kier molecular flexibility index (Phi) is 4.02. The van der Waals surface area contributed by atoms with Crippen LogP contribution in [0.15, 0.2) is 46.9 Å². The molecule has 0 fully saturated rings. The van der Waals surface area contributed by atoms with Crippen LogP contribution in [0.5, 0.6) is 0 Å². The van der Waals surface area contributed by atoms with Crippen LogP contribution in [0, 0.1) is 11.6 Å². The maximum Gasteiger partial charge on any atom is 0.159 e. The van der Waals surface area contributed by atoms with E-state index in [0.29, 0.717) is 11.1 Å². The van der Waals surface area contributed by atoms with Gasteiger partial charge in [-0.15, -0.1) is 0 Å². The van der Waals surface area contributed by atoms with Crippen molar-refractivity contribution in [3.8, 4) is 0 Å². The normalized spacial score (nSPS) is 14.2. The zero-order valence-corrected chi connectivity index (χ0v) is 11.9. The molecule has 100 valence electrons. The largest absolute Gasteiger partial charge is 0.385 e. The van der Waals surface area contributed by atoms with E-state index in [1.807, 2.05) is 12.1 Å². The summed E-state index contributed by atoms with van der Waals surface area (Å²) in [6.45, 7) is 1.65. The molecule has 2 aromatic rings. The van der Waals surface area contributed by atoms with Gasteiger partial charge >= 0.3 is 0 Å². The first-order valence-electron chi connectivity index (χ1n) is 5.81. The molecule has 0 aromatic heterocycles. The number of halogens is 3. The average Bonchev–Trinajstić information content (AvgIpc) is 2.33. The second kappa shape index (κ2) is 5.39. The predicted octanol–water partition coefficient (Wildman–Crippen LogP) is 4.18. The molecular formula is C15H13BrF2O. The third kappa shape index (κ3) is 3.39. The van der Waals surface area contributed by atoms with Crippen molar-refractivity contribution in [2.45, 2.75) is 18.9 Å². The minimum absolute atomic E-state index is 0.209. The van der Waals surface area contributed by atoms with E-state index in [0.717, 1.165) is 16.6 Å². The van der Waals surface area contributed by atoms with E-state index < -0.39 is 17.2 Å². The molecule has 0 radical (unpaired) electrons. The number of rotatable bonds is 3. The third-order valence-corrected chi connectivity index (χ3v) is 3.47. The molecule has 0 bridgehead atoms. The van der Waals surface area contributed by atoms with Crippen molar-refractivity contribution >= 4 is 15.9 Å². The minimum Gasteiger partial charge on any atom is -0.385 e. The Morgan fingerprint density at radius 2 is 1.84 bits per heavy atom. The second-order valence-corrected chi connectivity index (χ2v) is 5.63. The zero-order valence-electron chi connectivity index (χ0n) is 10.3. The quantitative estimate of drug-likeness (QED) is 0.897. The van der Waals surface area contributed by atoms with Crippen molar-refractivity contribution in [2.75, 3.05) is 0 Å². The van der Waals surface area contributed by atoms with Gasteiger partial charge in [0.25, 0.3) is 0 Å². The van der Waals surface area contributed by atoms with Gasteiger partial charge < -0.3 is 5.11 Å². The summed E-state index contributed by atoms with van der Waals surface area (Å²) in [6, 6.07) is 10.9. The standard InChI is InChI=1S/C15H13BrF2O/c1-15(19,11-3-2-4-12(16)8-11)9-10-5-6-13(17)14(18)7-10/h2-8,19H,9H2,1H3. The lowest BCUT2D eigenvalue weighted by atomic mass is 9.89. The van der Waals surface area contributed by atoms with Crippen LogP contribution in [0.1, 0.15) is 18.1 Å². The van der Waals surface area contributed by atoms with Crippen LogP contribution >= 0.6 is 15.9 Å². The third-order valence-electron chi connectivity index (χ3n) is 2.98. The monoisotopic (exact) mass is 326 g/mol. The summed E-state index contributed by atoms with van der Waals surface area (Å²) in [6.07, 6.45) is 0.209. The molecule has 0 saturated heterocycles. The van der Waals surface area contributed by atoms with Gasteiger partial charge in [0.15, 0.2) is 11.6 Å². The number of benzene rings is 2. The Hall–Kier alpha value is -1.26. The summed E-state index contributed by atoms with van der Waals surface area (Å²) in [7, 11) is 0. The van der Waals surface area contributed by atoms with Crippen molar-refractivity contribution < 1.29 is 13.9 Å². The number of hydrogen-bond acceptors (Lipinski definition) is 1. The highest BCUT2D eigenvalue weighted by atomic mass is 79.9. The second-order valence-electron chi connectivity index (χ2n) is 4.71. The number of aliphatic hydroxyl groups is 1. The molecule has 19 heavy (non-hydrogen) atoms. The van der Waals surface area contributed by atoms with Crippen LogP contribution in [0.2, 0.25) is 0 Å². The Morgan fingerprint density at radius 3 is 2.47 bits per heavy atom. The molecule has 0 heterocycles. The lowest BCUT2D eigenvalue weighted by Crippen LogP contribution is -2.24. The molecule has 0 spiro atoms. The SMILES string of the molecule is CC(O)(Cc1ccc(F)c(F)c1)c1cccc(Br)c1. The number of hydrogen-bond donors (Lipinski definition) is 1. The summed E-state index contributed by atoms with van der Waals surface area (Å²) >= 11 is 3.34. The van der Waals surface area contributed by atoms with E-state index in [1.54, 1.807) is 19.1 Å². The molecule has 0 aliphatic rings. The maximum atomic E-state index is 13.2. The van der Waals surface area contributed by atoms with Crippen molar-refractivity contribution in [3.63, 3.8) is 0 Å². The van der Waals surface area contributed by atoms with Gasteiger partial charge in [-0.25, -0.2) is 8.78 Å². The first-order chi connectivity index (χ1) is 8.88. The van der Waals surface area contributed by atoms with Gasteiger partial charge in [-0.1, -0.05) is 34.1 Å². The Bertz CT molecular complexity index is 596. The predicted molar refractivity (Wildman–Crippen MR) is 73.8 cm³/mol. The Balaban J connectivity index is 2.27. The van der Waals surface area contributed by atoms with Crippen LogP contribution in [-0.2, 0) is 12.0 Å². The molecule has 0 aliphatic carbocycles. The average molecular weight is 327 g/mol. The van der Waals surface area contributed by atoms with Crippen molar-refractivity contribution in [1.82, 2.24) is 0 Å². The summed E-state index contributed by atoms with van der Waals surface area (Å²) in [4.78, 5) is 0. The van der Waals surface area contributed by atoms with Crippen LogP contribution in [0.3, 0.4) is 0 Å². The minimum atomic E-state index is -1.14. The van der Waals surface area contributed by atoms with Gasteiger partial charge in [0.1, 0.15) is 0 Å². The summed E-state index contributed by atoms with van der Waals surface area (Å²) < 4.78 is 26.9.